The van der Waals surface area contributed by atoms with Crippen molar-refractivity contribution in [1.82, 2.24) is 5.32 Å². The molecule has 0 amide bonds. The fraction of sp³-hybridized carbons (Fsp3) is 0.476. The summed E-state index contributed by atoms with van der Waals surface area (Å²) in [5, 5.41) is 13.7. The van der Waals surface area contributed by atoms with E-state index in [9.17, 15) is 14.3 Å². The average molecular weight is 391 g/mol. The summed E-state index contributed by atoms with van der Waals surface area (Å²) in [5.74, 6) is 0.549. The number of aromatic hydroxyl groups is 1. The lowest BCUT2D eigenvalue weighted by molar-refractivity contribution is -0.116. The third-order valence-electron chi connectivity index (χ3n) is 4.69. The molecule has 28 heavy (non-hydrogen) atoms. The van der Waals surface area contributed by atoms with Crippen molar-refractivity contribution in [2.24, 2.45) is 0 Å². The van der Waals surface area contributed by atoms with Crippen LogP contribution >= 0.6 is 0 Å². The molecule has 1 aliphatic heterocycles. The highest BCUT2D eigenvalue weighted by atomic mass is 19.1. The van der Waals surface area contributed by atoms with E-state index in [0.717, 1.165) is 29.7 Å². The summed E-state index contributed by atoms with van der Waals surface area (Å²) in [4.78, 5) is 12.4. The molecule has 2 N–H and O–H groups in total. The Hall–Kier alpha value is -2.38. The topological polar surface area (TPSA) is 77.0 Å². The van der Waals surface area contributed by atoms with E-state index >= 15 is 0 Å². The standard InChI is InChI=1S/C21H26FNO5/c22-7-8-26-9-10-27-11-12-28-21-6-5-15(13-20(21)25)18-14-19(24)16-3-1-2-4-17(16)23-18/h2,4-6,13,18,23,25H,1,3,7-12,14H2. The number of ketones is 1. The number of allylic oxidation sites excluding steroid dienone is 3. The fourth-order valence-electron chi connectivity index (χ4n) is 3.30. The van der Waals surface area contributed by atoms with Crippen LogP contribution in [-0.2, 0) is 14.3 Å². The van der Waals surface area contributed by atoms with Crippen LogP contribution in [0.4, 0.5) is 4.39 Å². The number of phenolic OH excluding ortho intramolecular Hbond substituents is 1. The Morgan fingerprint density at radius 1 is 1.14 bits per heavy atom. The van der Waals surface area contributed by atoms with Crippen molar-refractivity contribution >= 4 is 5.78 Å². The van der Waals surface area contributed by atoms with Crippen molar-refractivity contribution in [3.63, 3.8) is 0 Å². The maximum Gasteiger partial charge on any atom is 0.163 e. The first kappa shape index (κ1) is 20.4. The van der Waals surface area contributed by atoms with E-state index in [1.54, 1.807) is 12.1 Å². The highest BCUT2D eigenvalue weighted by molar-refractivity contribution is 5.98. The van der Waals surface area contributed by atoms with Crippen LogP contribution in [0.25, 0.3) is 0 Å². The molecule has 3 rings (SSSR count). The molecule has 2 aliphatic rings. The molecule has 0 saturated carbocycles. The summed E-state index contributed by atoms with van der Waals surface area (Å²) in [5.41, 5.74) is 2.60. The minimum Gasteiger partial charge on any atom is -0.504 e. The molecule has 0 saturated heterocycles. The number of nitrogens with one attached hydrogen (secondary N) is 1. The number of carbonyl (C=O) groups excluding carboxylic acids is 1. The monoisotopic (exact) mass is 391 g/mol. The molecule has 1 unspecified atom stereocenters. The predicted molar refractivity (Wildman–Crippen MR) is 102 cm³/mol. The van der Waals surface area contributed by atoms with Crippen molar-refractivity contribution in [2.75, 3.05) is 39.7 Å². The van der Waals surface area contributed by atoms with Gasteiger partial charge in [-0.2, -0.15) is 0 Å². The van der Waals surface area contributed by atoms with Gasteiger partial charge in [-0.1, -0.05) is 12.1 Å². The molecule has 0 fully saturated rings. The van der Waals surface area contributed by atoms with Crippen LogP contribution < -0.4 is 10.1 Å². The molecule has 7 heteroatoms. The lowest BCUT2D eigenvalue weighted by atomic mass is 9.88. The third kappa shape index (κ3) is 5.33. The lowest BCUT2D eigenvalue weighted by Crippen LogP contribution is -2.31. The Kier molecular flexibility index (Phi) is 7.45. The molecule has 1 aromatic rings. The summed E-state index contributed by atoms with van der Waals surface area (Å²) in [6, 6.07) is 5.01. The van der Waals surface area contributed by atoms with E-state index in [0.29, 0.717) is 32.0 Å². The van der Waals surface area contributed by atoms with Crippen molar-refractivity contribution in [2.45, 2.75) is 25.3 Å². The van der Waals surface area contributed by atoms with Gasteiger partial charge in [-0.15, -0.1) is 0 Å². The second kappa shape index (κ2) is 10.2. The van der Waals surface area contributed by atoms with E-state index in [4.69, 9.17) is 14.2 Å². The smallest absolute Gasteiger partial charge is 0.163 e. The van der Waals surface area contributed by atoms with Crippen LogP contribution in [0.3, 0.4) is 0 Å². The summed E-state index contributed by atoms with van der Waals surface area (Å²) < 4.78 is 27.7. The molecule has 1 atom stereocenters. The number of carbonyl (C=O) groups is 1. The van der Waals surface area contributed by atoms with Crippen molar-refractivity contribution in [3.05, 3.63) is 47.2 Å². The Balaban J connectivity index is 1.48. The second-order valence-corrected chi connectivity index (χ2v) is 6.65. The molecular weight excluding hydrogens is 365 g/mol. The van der Waals surface area contributed by atoms with Gasteiger partial charge in [-0.3, -0.25) is 4.79 Å². The van der Waals surface area contributed by atoms with Gasteiger partial charge in [0.1, 0.15) is 13.3 Å². The van der Waals surface area contributed by atoms with Crippen molar-refractivity contribution in [1.29, 1.82) is 0 Å². The zero-order valence-corrected chi connectivity index (χ0v) is 15.8. The van der Waals surface area contributed by atoms with Crippen LogP contribution in [-0.4, -0.2) is 50.6 Å². The molecule has 0 bridgehead atoms. The fourth-order valence-corrected chi connectivity index (χ4v) is 3.30. The van der Waals surface area contributed by atoms with Gasteiger partial charge in [0.05, 0.1) is 32.5 Å². The van der Waals surface area contributed by atoms with E-state index in [1.807, 2.05) is 12.1 Å². The number of benzene rings is 1. The number of hydrogen-bond acceptors (Lipinski definition) is 6. The summed E-state index contributed by atoms with van der Waals surface area (Å²) in [6.45, 7) is 0.889. The third-order valence-corrected chi connectivity index (χ3v) is 4.69. The quantitative estimate of drug-likeness (QED) is 0.597. The molecule has 0 radical (unpaired) electrons. The van der Waals surface area contributed by atoms with Gasteiger partial charge in [0.15, 0.2) is 17.3 Å². The highest BCUT2D eigenvalue weighted by Crippen LogP contribution is 2.34. The minimum atomic E-state index is -0.502. The number of alkyl halides is 1. The van der Waals surface area contributed by atoms with E-state index in [1.165, 1.54) is 0 Å². The first-order valence-corrected chi connectivity index (χ1v) is 9.55. The summed E-state index contributed by atoms with van der Waals surface area (Å²) >= 11 is 0. The number of halogens is 1. The molecule has 1 aromatic carbocycles. The van der Waals surface area contributed by atoms with Gasteiger partial charge in [0.25, 0.3) is 0 Å². The summed E-state index contributed by atoms with van der Waals surface area (Å²) in [6.07, 6.45) is 6.09. The van der Waals surface area contributed by atoms with E-state index < -0.39 is 6.67 Å². The zero-order chi connectivity index (χ0) is 19.8. The Bertz CT molecular complexity index is 746. The maximum atomic E-state index is 12.4. The van der Waals surface area contributed by atoms with Crippen LogP contribution in [0.2, 0.25) is 0 Å². The van der Waals surface area contributed by atoms with Gasteiger partial charge in [-0.05, 0) is 36.6 Å². The number of rotatable bonds is 10. The van der Waals surface area contributed by atoms with Gasteiger partial charge < -0.3 is 24.6 Å². The molecule has 1 aliphatic carbocycles. The normalized spacial score (nSPS) is 18.8. The Morgan fingerprint density at radius 3 is 2.71 bits per heavy atom. The predicted octanol–water partition coefficient (Wildman–Crippen LogP) is 2.98. The highest BCUT2D eigenvalue weighted by Gasteiger charge is 2.28. The molecule has 1 heterocycles. The van der Waals surface area contributed by atoms with E-state index in [2.05, 4.69) is 11.4 Å². The Labute approximate surface area is 164 Å². The molecule has 152 valence electrons. The molecular formula is C21H26FNO5. The second-order valence-electron chi connectivity index (χ2n) is 6.65. The summed E-state index contributed by atoms with van der Waals surface area (Å²) in [7, 11) is 0. The maximum absolute atomic E-state index is 12.4. The van der Waals surface area contributed by atoms with Crippen LogP contribution in [0, 0.1) is 0 Å². The average Bonchev–Trinajstić information content (AvgIpc) is 2.71. The van der Waals surface area contributed by atoms with Crippen LogP contribution in [0.1, 0.15) is 30.9 Å². The first-order chi connectivity index (χ1) is 13.7. The van der Waals surface area contributed by atoms with Crippen molar-refractivity contribution in [3.8, 4) is 11.5 Å². The van der Waals surface area contributed by atoms with Crippen LogP contribution in [0.15, 0.2) is 41.6 Å². The number of hydrogen-bond donors (Lipinski definition) is 2. The number of phenols is 1. The molecule has 0 aromatic heterocycles. The van der Waals surface area contributed by atoms with Crippen molar-refractivity contribution < 1.29 is 28.5 Å². The SMILES string of the molecule is O=C1CC(c2ccc(OCCOCCOCCF)c(O)c2)NC2=C1CCC=C2. The molecule has 0 spiro atoms. The van der Waals surface area contributed by atoms with Crippen LogP contribution in [0.5, 0.6) is 11.5 Å². The van der Waals surface area contributed by atoms with Gasteiger partial charge in [-0.25, -0.2) is 4.39 Å². The number of ether oxygens (including phenoxy) is 3. The van der Waals surface area contributed by atoms with Gasteiger partial charge in [0.2, 0.25) is 0 Å². The molecule has 6 nitrogen and oxygen atoms in total. The van der Waals surface area contributed by atoms with Gasteiger partial charge in [0, 0.05) is 17.7 Å². The first-order valence-electron chi connectivity index (χ1n) is 9.55. The number of Topliss-reactive ketones (excluding diaryl/α,β-unsaturated/α-hetero) is 1. The van der Waals surface area contributed by atoms with E-state index in [-0.39, 0.29) is 30.8 Å². The Morgan fingerprint density at radius 2 is 1.93 bits per heavy atom. The van der Waals surface area contributed by atoms with Gasteiger partial charge >= 0.3 is 0 Å². The lowest BCUT2D eigenvalue weighted by Gasteiger charge is -2.29. The largest absolute Gasteiger partial charge is 0.504 e. The minimum absolute atomic E-state index is 0.0250. The zero-order valence-electron chi connectivity index (χ0n) is 15.8.